The smallest absolute Gasteiger partial charge is 0.240 e. The van der Waals surface area contributed by atoms with Crippen LogP contribution in [-0.4, -0.2) is 58.7 Å². The van der Waals surface area contributed by atoms with Crippen LogP contribution in [0, 0.1) is 11.7 Å². The minimum absolute atomic E-state index is 0.146. The summed E-state index contributed by atoms with van der Waals surface area (Å²) in [7, 11) is -1.58. The van der Waals surface area contributed by atoms with E-state index in [0.717, 1.165) is 49.0 Å². The van der Waals surface area contributed by atoms with E-state index in [2.05, 4.69) is 17.3 Å². The lowest BCUT2D eigenvalue weighted by molar-refractivity contribution is -0.119. The summed E-state index contributed by atoms with van der Waals surface area (Å²) in [5.74, 6) is -0.345. The Labute approximate surface area is 149 Å². The molecule has 1 aliphatic heterocycles. The Morgan fingerprint density at radius 1 is 1.36 bits per heavy atom. The van der Waals surface area contributed by atoms with E-state index in [1.54, 1.807) is 0 Å². The average molecular weight is 371 g/mol. The molecule has 140 valence electrons. The highest BCUT2D eigenvalue weighted by molar-refractivity contribution is 7.92. The van der Waals surface area contributed by atoms with Gasteiger partial charge < -0.3 is 10.2 Å². The molecular weight excluding hydrogens is 345 g/mol. The van der Waals surface area contributed by atoms with E-state index in [4.69, 9.17) is 0 Å². The lowest BCUT2D eigenvalue weighted by Gasteiger charge is -2.29. The van der Waals surface area contributed by atoms with Crippen molar-refractivity contribution in [3.63, 3.8) is 0 Å². The van der Waals surface area contributed by atoms with E-state index in [9.17, 15) is 17.6 Å². The third kappa shape index (κ3) is 6.28. The molecule has 0 bridgehead atoms. The summed E-state index contributed by atoms with van der Waals surface area (Å²) in [6, 6.07) is 5.22. The van der Waals surface area contributed by atoms with Crippen molar-refractivity contribution in [1.29, 1.82) is 0 Å². The molecule has 0 aromatic heterocycles. The molecule has 1 fully saturated rings. The molecule has 1 amide bonds. The minimum atomic E-state index is -3.68. The zero-order chi connectivity index (χ0) is 18.4. The Kier molecular flexibility index (Phi) is 6.78. The van der Waals surface area contributed by atoms with Gasteiger partial charge in [0.25, 0.3) is 0 Å². The van der Waals surface area contributed by atoms with Crippen LogP contribution in [0.1, 0.15) is 19.3 Å². The van der Waals surface area contributed by atoms with Gasteiger partial charge in [0, 0.05) is 6.54 Å². The zero-order valence-corrected chi connectivity index (χ0v) is 15.6. The van der Waals surface area contributed by atoms with Crippen LogP contribution in [0.15, 0.2) is 24.3 Å². The van der Waals surface area contributed by atoms with Crippen molar-refractivity contribution in [2.45, 2.75) is 19.3 Å². The number of piperidine rings is 1. The third-order valence-electron chi connectivity index (χ3n) is 4.50. The number of hydrogen-bond donors (Lipinski definition) is 1. The number of rotatable bonds is 7. The van der Waals surface area contributed by atoms with Crippen LogP contribution in [0.2, 0.25) is 0 Å². The van der Waals surface area contributed by atoms with Gasteiger partial charge in [0.15, 0.2) is 0 Å². The van der Waals surface area contributed by atoms with Gasteiger partial charge in [-0.05, 0) is 63.5 Å². The number of sulfonamides is 1. The summed E-state index contributed by atoms with van der Waals surface area (Å²) < 4.78 is 38.2. The molecule has 0 radical (unpaired) electrons. The van der Waals surface area contributed by atoms with Crippen molar-refractivity contribution in [2.24, 2.45) is 5.92 Å². The Bertz CT molecular complexity index is 688. The first-order valence-corrected chi connectivity index (χ1v) is 10.3. The van der Waals surface area contributed by atoms with Gasteiger partial charge >= 0.3 is 0 Å². The second-order valence-corrected chi connectivity index (χ2v) is 8.54. The molecule has 1 heterocycles. The topological polar surface area (TPSA) is 69.7 Å². The van der Waals surface area contributed by atoms with Gasteiger partial charge in [0.05, 0.1) is 11.9 Å². The Hall–Kier alpha value is -1.67. The predicted octanol–water partition coefficient (Wildman–Crippen LogP) is 1.44. The van der Waals surface area contributed by atoms with E-state index in [0.29, 0.717) is 12.5 Å². The molecule has 1 aromatic rings. The lowest BCUT2D eigenvalue weighted by Crippen LogP contribution is -2.41. The van der Waals surface area contributed by atoms with Crippen LogP contribution >= 0.6 is 0 Å². The fourth-order valence-electron chi connectivity index (χ4n) is 2.98. The fraction of sp³-hybridized carbons (Fsp3) is 0.588. The monoisotopic (exact) mass is 371 g/mol. The van der Waals surface area contributed by atoms with Gasteiger partial charge in [0.1, 0.15) is 12.4 Å². The van der Waals surface area contributed by atoms with Gasteiger partial charge in [-0.3, -0.25) is 9.10 Å². The van der Waals surface area contributed by atoms with Crippen LogP contribution in [0.3, 0.4) is 0 Å². The summed E-state index contributed by atoms with van der Waals surface area (Å²) in [5, 5.41) is 2.78. The molecule has 0 aliphatic carbocycles. The normalized spacial score (nSPS) is 16.6. The van der Waals surface area contributed by atoms with Gasteiger partial charge in [0.2, 0.25) is 15.9 Å². The maximum Gasteiger partial charge on any atom is 0.240 e. The summed E-state index contributed by atoms with van der Waals surface area (Å²) >= 11 is 0. The number of carbonyl (C=O) groups is 1. The van der Waals surface area contributed by atoms with Gasteiger partial charge in [-0.1, -0.05) is 6.07 Å². The molecule has 1 N–H and O–H groups in total. The van der Waals surface area contributed by atoms with Crippen molar-refractivity contribution in [1.82, 2.24) is 10.2 Å². The fourth-order valence-corrected chi connectivity index (χ4v) is 3.83. The molecule has 2 rings (SSSR count). The van der Waals surface area contributed by atoms with Crippen molar-refractivity contribution >= 4 is 21.6 Å². The highest BCUT2D eigenvalue weighted by Crippen LogP contribution is 2.19. The molecule has 8 heteroatoms. The van der Waals surface area contributed by atoms with Crippen molar-refractivity contribution in [3.05, 3.63) is 30.1 Å². The second kappa shape index (κ2) is 8.62. The number of likely N-dealkylation sites (tertiary alicyclic amines) is 1. The molecular formula is C17H26FN3O3S. The third-order valence-corrected chi connectivity index (χ3v) is 5.64. The largest absolute Gasteiger partial charge is 0.355 e. The first kappa shape index (κ1) is 19.7. The molecule has 1 aliphatic rings. The van der Waals surface area contributed by atoms with Gasteiger partial charge in [-0.15, -0.1) is 0 Å². The van der Waals surface area contributed by atoms with E-state index in [-0.39, 0.29) is 18.1 Å². The number of nitrogens with zero attached hydrogens (tertiary/aromatic N) is 2. The van der Waals surface area contributed by atoms with E-state index in [1.165, 1.54) is 18.2 Å². The van der Waals surface area contributed by atoms with Crippen LogP contribution in [0.25, 0.3) is 0 Å². The predicted molar refractivity (Wildman–Crippen MR) is 96.4 cm³/mol. The maximum atomic E-state index is 13.4. The Morgan fingerprint density at radius 2 is 2.04 bits per heavy atom. The number of anilines is 1. The van der Waals surface area contributed by atoms with Crippen LogP contribution < -0.4 is 9.62 Å². The number of halogens is 1. The Morgan fingerprint density at radius 3 is 2.64 bits per heavy atom. The number of carbonyl (C=O) groups excluding carboxylic acids is 1. The Balaban J connectivity index is 1.87. The first-order valence-electron chi connectivity index (χ1n) is 8.44. The van der Waals surface area contributed by atoms with Crippen molar-refractivity contribution in [3.8, 4) is 0 Å². The number of benzene rings is 1. The average Bonchev–Trinajstić information content (AvgIpc) is 2.53. The lowest BCUT2D eigenvalue weighted by atomic mass is 9.94. The van der Waals surface area contributed by atoms with Crippen molar-refractivity contribution in [2.75, 3.05) is 43.8 Å². The quantitative estimate of drug-likeness (QED) is 0.787. The van der Waals surface area contributed by atoms with Crippen molar-refractivity contribution < 1.29 is 17.6 Å². The van der Waals surface area contributed by atoms with Crippen LogP contribution in [0.4, 0.5) is 10.1 Å². The minimum Gasteiger partial charge on any atom is -0.355 e. The van der Waals surface area contributed by atoms with Gasteiger partial charge in [-0.2, -0.15) is 0 Å². The number of amides is 1. The first-order chi connectivity index (χ1) is 11.8. The van der Waals surface area contributed by atoms with E-state index < -0.39 is 15.8 Å². The summed E-state index contributed by atoms with van der Waals surface area (Å²) in [6.45, 7) is 2.31. The summed E-state index contributed by atoms with van der Waals surface area (Å²) in [5.41, 5.74) is 0.146. The molecule has 1 saturated heterocycles. The molecule has 6 nitrogen and oxygen atoms in total. The SMILES string of the molecule is CN1CCC(CCNC(=O)CN(c2cccc(F)c2)S(C)(=O)=O)CC1. The van der Waals surface area contributed by atoms with E-state index >= 15 is 0 Å². The number of hydrogen-bond acceptors (Lipinski definition) is 4. The molecule has 0 saturated carbocycles. The second-order valence-electron chi connectivity index (χ2n) is 6.63. The molecule has 0 unspecified atom stereocenters. The van der Waals surface area contributed by atoms with Crippen LogP contribution in [0.5, 0.6) is 0 Å². The summed E-state index contributed by atoms with van der Waals surface area (Å²) in [6.07, 6.45) is 4.12. The highest BCUT2D eigenvalue weighted by Gasteiger charge is 2.21. The maximum absolute atomic E-state index is 13.4. The number of nitrogens with one attached hydrogen (secondary N) is 1. The van der Waals surface area contributed by atoms with Gasteiger partial charge in [-0.25, -0.2) is 12.8 Å². The molecule has 25 heavy (non-hydrogen) atoms. The standard InChI is InChI=1S/C17H26FN3O3S/c1-20-10-7-14(8-11-20)6-9-19-17(22)13-21(25(2,23)24)16-5-3-4-15(18)12-16/h3-5,12,14H,6-11,13H2,1-2H3,(H,19,22). The summed E-state index contributed by atoms with van der Waals surface area (Å²) in [4.78, 5) is 14.4. The molecule has 1 aromatic carbocycles. The van der Waals surface area contributed by atoms with E-state index in [1.807, 2.05) is 0 Å². The highest BCUT2D eigenvalue weighted by atomic mass is 32.2. The zero-order valence-electron chi connectivity index (χ0n) is 14.7. The van der Waals surface area contributed by atoms with Crippen LogP contribution in [-0.2, 0) is 14.8 Å². The molecule has 0 atom stereocenters. The molecule has 0 spiro atoms.